The zero-order valence-electron chi connectivity index (χ0n) is 15.1. The first kappa shape index (κ1) is 17.7. The topological polar surface area (TPSA) is 74.5 Å². The van der Waals surface area contributed by atoms with Gasteiger partial charge in [0, 0.05) is 5.56 Å². The maximum atomic E-state index is 12.4. The van der Waals surface area contributed by atoms with Gasteiger partial charge in [-0.25, -0.2) is 4.79 Å². The SMILES string of the molecule is COc1ccc(-c2nnc([C@@H](C)OC(=O)c3cccc(C)c3C)o2)cc1. The molecule has 0 bridgehead atoms. The Bertz CT molecular complexity index is 916. The van der Waals surface area contributed by atoms with Crippen LogP contribution in [-0.2, 0) is 4.74 Å². The predicted octanol–water partition coefficient (Wildman–Crippen LogP) is 4.28. The number of carbonyl (C=O) groups is 1. The first-order valence-corrected chi connectivity index (χ1v) is 8.24. The molecule has 0 aliphatic carbocycles. The van der Waals surface area contributed by atoms with Crippen LogP contribution < -0.4 is 4.74 Å². The Balaban J connectivity index is 1.74. The van der Waals surface area contributed by atoms with E-state index in [2.05, 4.69) is 10.2 Å². The molecule has 0 aliphatic heterocycles. The Hall–Kier alpha value is -3.15. The highest BCUT2D eigenvalue weighted by Gasteiger charge is 2.21. The molecule has 0 unspecified atom stereocenters. The van der Waals surface area contributed by atoms with Crippen molar-refractivity contribution in [1.82, 2.24) is 10.2 Å². The Kier molecular flexibility index (Phi) is 5.02. The third-order valence-electron chi connectivity index (χ3n) is 4.23. The molecule has 1 atom stereocenters. The molecule has 2 aromatic carbocycles. The predicted molar refractivity (Wildman–Crippen MR) is 96.0 cm³/mol. The fraction of sp³-hybridized carbons (Fsp3) is 0.250. The lowest BCUT2D eigenvalue weighted by molar-refractivity contribution is 0.0279. The second kappa shape index (κ2) is 7.39. The van der Waals surface area contributed by atoms with Crippen LogP contribution in [-0.4, -0.2) is 23.3 Å². The van der Waals surface area contributed by atoms with Crippen molar-refractivity contribution in [3.8, 4) is 17.2 Å². The van der Waals surface area contributed by atoms with Gasteiger partial charge in [0.25, 0.3) is 5.89 Å². The Morgan fingerprint density at radius 1 is 1.08 bits per heavy atom. The molecule has 1 aromatic heterocycles. The van der Waals surface area contributed by atoms with Crippen LogP contribution in [0.25, 0.3) is 11.5 Å². The molecule has 0 amide bonds. The monoisotopic (exact) mass is 352 g/mol. The van der Waals surface area contributed by atoms with Crippen LogP contribution in [0.3, 0.4) is 0 Å². The molecule has 0 fully saturated rings. The van der Waals surface area contributed by atoms with E-state index in [1.807, 2.05) is 50.2 Å². The number of aromatic nitrogens is 2. The highest BCUT2D eigenvalue weighted by atomic mass is 16.6. The lowest BCUT2D eigenvalue weighted by Crippen LogP contribution is -2.11. The van der Waals surface area contributed by atoms with Crippen molar-refractivity contribution in [2.45, 2.75) is 26.9 Å². The molecule has 0 aliphatic rings. The van der Waals surface area contributed by atoms with Crippen molar-refractivity contribution in [2.24, 2.45) is 0 Å². The lowest BCUT2D eigenvalue weighted by atomic mass is 10.0. The quantitative estimate of drug-likeness (QED) is 0.638. The van der Waals surface area contributed by atoms with Crippen molar-refractivity contribution < 1.29 is 18.7 Å². The third-order valence-corrected chi connectivity index (χ3v) is 4.23. The van der Waals surface area contributed by atoms with Gasteiger partial charge in [-0.3, -0.25) is 0 Å². The van der Waals surface area contributed by atoms with Gasteiger partial charge in [0.1, 0.15) is 5.75 Å². The number of esters is 1. The summed E-state index contributed by atoms with van der Waals surface area (Å²) in [6, 6.07) is 12.8. The van der Waals surface area contributed by atoms with Crippen LogP contribution >= 0.6 is 0 Å². The summed E-state index contributed by atoms with van der Waals surface area (Å²) in [7, 11) is 1.60. The molecule has 3 rings (SSSR count). The summed E-state index contributed by atoms with van der Waals surface area (Å²) in [5.74, 6) is 0.930. The molecule has 0 saturated heterocycles. The molecule has 26 heavy (non-hydrogen) atoms. The van der Waals surface area contributed by atoms with Crippen molar-refractivity contribution in [3.05, 3.63) is 65.0 Å². The second-order valence-electron chi connectivity index (χ2n) is 5.97. The molecule has 0 N–H and O–H groups in total. The van der Waals surface area contributed by atoms with Gasteiger partial charge in [-0.15, -0.1) is 10.2 Å². The zero-order valence-corrected chi connectivity index (χ0v) is 15.1. The number of carbonyl (C=O) groups excluding carboxylic acids is 1. The molecule has 0 spiro atoms. The van der Waals surface area contributed by atoms with Crippen molar-refractivity contribution >= 4 is 5.97 Å². The molecule has 6 nitrogen and oxygen atoms in total. The molecule has 0 saturated carbocycles. The molecule has 134 valence electrons. The van der Waals surface area contributed by atoms with E-state index in [1.165, 1.54) is 0 Å². The number of aryl methyl sites for hydroxylation is 1. The average Bonchev–Trinajstić information content (AvgIpc) is 3.14. The van der Waals surface area contributed by atoms with Gasteiger partial charge in [-0.1, -0.05) is 12.1 Å². The summed E-state index contributed by atoms with van der Waals surface area (Å²) in [6.45, 7) is 5.55. The van der Waals surface area contributed by atoms with Crippen LogP contribution in [0, 0.1) is 13.8 Å². The number of rotatable bonds is 5. The smallest absolute Gasteiger partial charge is 0.339 e. The number of methoxy groups -OCH3 is 1. The first-order chi connectivity index (χ1) is 12.5. The molecule has 0 radical (unpaired) electrons. The maximum absolute atomic E-state index is 12.4. The fourth-order valence-corrected chi connectivity index (χ4v) is 2.50. The number of nitrogens with zero attached hydrogens (tertiary/aromatic N) is 2. The van der Waals surface area contributed by atoms with E-state index < -0.39 is 12.1 Å². The summed E-state index contributed by atoms with van der Waals surface area (Å²) in [4.78, 5) is 12.4. The summed E-state index contributed by atoms with van der Waals surface area (Å²) >= 11 is 0. The van der Waals surface area contributed by atoms with Gasteiger partial charge >= 0.3 is 5.97 Å². The number of ether oxygens (including phenoxy) is 2. The minimum atomic E-state index is -0.651. The molecular weight excluding hydrogens is 332 g/mol. The van der Waals surface area contributed by atoms with E-state index in [-0.39, 0.29) is 5.89 Å². The number of benzene rings is 2. The average molecular weight is 352 g/mol. The lowest BCUT2D eigenvalue weighted by Gasteiger charge is -2.12. The van der Waals surface area contributed by atoms with E-state index in [9.17, 15) is 4.79 Å². The Labute approximate surface area is 151 Å². The highest BCUT2D eigenvalue weighted by Crippen LogP contribution is 2.25. The maximum Gasteiger partial charge on any atom is 0.339 e. The second-order valence-corrected chi connectivity index (χ2v) is 5.97. The largest absolute Gasteiger partial charge is 0.497 e. The van der Waals surface area contributed by atoms with E-state index in [0.717, 1.165) is 22.4 Å². The Morgan fingerprint density at radius 3 is 2.50 bits per heavy atom. The standard InChI is InChI=1S/C20H20N2O4/c1-12-6-5-7-17(13(12)2)20(23)25-14(3)18-21-22-19(26-18)15-8-10-16(24-4)11-9-15/h5-11,14H,1-4H3/t14-/m1/s1. The normalized spacial score (nSPS) is 11.8. The first-order valence-electron chi connectivity index (χ1n) is 8.24. The minimum Gasteiger partial charge on any atom is -0.497 e. The van der Waals surface area contributed by atoms with Gasteiger partial charge in [-0.05, 0) is 62.2 Å². The van der Waals surface area contributed by atoms with Crippen LogP contribution in [0.2, 0.25) is 0 Å². The highest BCUT2D eigenvalue weighted by molar-refractivity contribution is 5.91. The molecule has 3 aromatic rings. The zero-order chi connectivity index (χ0) is 18.7. The van der Waals surface area contributed by atoms with Crippen LogP contribution in [0.15, 0.2) is 46.9 Å². The van der Waals surface area contributed by atoms with Crippen molar-refractivity contribution in [3.63, 3.8) is 0 Å². The molecule has 1 heterocycles. The van der Waals surface area contributed by atoms with E-state index in [4.69, 9.17) is 13.9 Å². The molecular formula is C20H20N2O4. The fourth-order valence-electron chi connectivity index (χ4n) is 2.50. The van der Waals surface area contributed by atoms with E-state index in [1.54, 1.807) is 20.1 Å². The summed E-state index contributed by atoms with van der Waals surface area (Å²) < 4.78 is 16.3. The van der Waals surface area contributed by atoms with Gasteiger partial charge < -0.3 is 13.9 Å². The van der Waals surface area contributed by atoms with Crippen LogP contribution in [0.4, 0.5) is 0 Å². The van der Waals surface area contributed by atoms with Crippen molar-refractivity contribution in [2.75, 3.05) is 7.11 Å². The van der Waals surface area contributed by atoms with Gasteiger partial charge in [0.2, 0.25) is 5.89 Å². The summed E-state index contributed by atoms with van der Waals surface area (Å²) in [5.41, 5.74) is 3.23. The summed E-state index contributed by atoms with van der Waals surface area (Å²) in [5, 5.41) is 8.02. The van der Waals surface area contributed by atoms with Crippen LogP contribution in [0.1, 0.15) is 40.4 Å². The number of hydrogen-bond donors (Lipinski definition) is 0. The third kappa shape index (κ3) is 3.59. The molecule has 6 heteroatoms. The summed E-state index contributed by atoms with van der Waals surface area (Å²) in [6.07, 6.45) is -0.651. The van der Waals surface area contributed by atoms with Gasteiger partial charge in [0.15, 0.2) is 6.10 Å². The minimum absolute atomic E-state index is 0.245. The Morgan fingerprint density at radius 2 is 1.81 bits per heavy atom. The van der Waals surface area contributed by atoms with E-state index >= 15 is 0 Å². The van der Waals surface area contributed by atoms with Crippen LogP contribution in [0.5, 0.6) is 5.75 Å². The van der Waals surface area contributed by atoms with E-state index in [0.29, 0.717) is 11.5 Å². The van der Waals surface area contributed by atoms with Gasteiger partial charge in [-0.2, -0.15) is 0 Å². The number of hydrogen-bond acceptors (Lipinski definition) is 6. The van der Waals surface area contributed by atoms with Gasteiger partial charge in [0.05, 0.1) is 12.7 Å². The van der Waals surface area contributed by atoms with Crippen molar-refractivity contribution in [1.29, 1.82) is 0 Å².